The number of benzene rings is 1. The molecule has 1 aromatic rings. The maximum Gasteiger partial charge on any atom is 0.322 e. The van der Waals surface area contributed by atoms with Gasteiger partial charge in [-0.25, -0.2) is 0 Å². The summed E-state index contributed by atoms with van der Waals surface area (Å²) >= 11 is 0. The summed E-state index contributed by atoms with van der Waals surface area (Å²) < 4.78 is 0. The van der Waals surface area contributed by atoms with Gasteiger partial charge in [0.2, 0.25) is 0 Å². The van der Waals surface area contributed by atoms with Crippen LogP contribution in [0.15, 0.2) is 35.6 Å². The second-order valence-corrected chi connectivity index (χ2v) is 7.79. The van der Waals surface area contributed by atoms with Crippen LogP contribution in [0.25, 0.3) is 0 Å². The van der Waals surface area contributed by atoms with Crippen molar-refractivity contribution in [2.45, 2.75) is 45.6 Å². The summed E-state index contributed by atoms with van der Waals surface area (Å²) in [5.41, 5.74) is 1.11. The lowest BCUT2D eigenvalue weighted by molar-refractivity contribution is -0.139. The number of aliphatic hydroxyl groups is 1. The van der Waals surface area contributed by atoms with E-state index in [4.69, 9.17) is 5.11 Å². The maximum absolute atomic E-state index is 13.0. The molecule has 1 heterocycles. The first-order valence-electron chi connectivity index (χ1n) is 9.61. The number of carboxylic acids is 1. The molecule has 0 radical (unpaired) electrons. The second-order valence-electron chi connectivity index (χ2n) is 7.79. The number of rotatable bonds is 5. The summed E-state index contributed by atoms with van der Waals surface area (Å²) in [6, 6.07) is 7.82. The first kappa shape index (κ1) is 19.9. The van der Waals surface area contributed by atoms with Gasteiger partial charge < -0.3 is 20.4 Å². The van der Waals surface area contributed by atoms with Crippen molar-refractivity contribution in [3.8, 4) is 0 Å². The third kappa shape index (κ3) is 4.03. The van der Waals surface area contributed by atoms with Crippen LogP contribution in [0.3, 0.4) is 0 Å². The molecule has 1 aromatic carbocycles. The van der Waals surface area contributed by atoms with Gasteiger partial charge in [0.05, 0.1) is 0 Å². The molecule has 0 unspecified atom stereocenters. The number of hydrogen-bond donors (Lipinski definition) is 3. The number of aryl methyl sites for hydroxylation is 1. The van der Waals surface area contributed by atoms with Crippen molar-refractivity contribution in [2.24, 2.45) is 5.41 Å². The molecule has 1 aliphatic heterocycles. The fourth-order valence-electron chi connectivity index (χ4n) is 4.15. The van der Waals surface area contributed by atoms with Gasteiger partial charge in [0.25, 0.3) is 11.8 Å². The molecule has 3 rings (SSSR count). The zero-order valence-corrected chi connectivity index (χ0v) is 16.0. The summed E-state index contributed by atoms with van der Waals surface area (Å²) in [4.78, 5) is 38.0. The Hall–Kier alpha value is -2.83. The lowest BCUT2D eigenvalue weighted by atomic mass is 9.69. The van der Waals surface area contributed by atoms with Crippen LogP contribution >= 0.6 is 0 Å². The van der Waals surface area contributed by atoms with Gasteiger partial charge in [0, 0.05) is 18.5 Å². The fraction of sp³-hybridized carbons (Fsp3) is 0.476. The van der Waals surface area contributed by atoms with E-state index >= 15 is 0 Å². The quantitative estimate of drug-likeness (QED) is 0.673. The van der Waals surface area contributed by atoms with Crippen LogP contribution in [0.2, 0.25) is 0 Å². The molecular formula is C21H26N2O5. The minimum absolute atomic E-state index is 0.180. The Morgan fingerprint density at radius 3 is 2.39 bits per heavy atom. The highest BCUT2D eigenvalue weighted by molar-refractivity contribution is 6.19. The topological polar surface area (TPSA) is 107 Å². The minimum Gasteiger partial charge on any atom is -0.511 e. The Morgan fingerprint density at radius 2 is 1.79 bits per heavy atom. The van der Waals surface area contributed by atoms with Gasteiger partial charge in [-0.3, -0.25) is 14.4 Å². The normalized spacial score (nSPS) is 19.0. The highest BCUT2D eigenvalue weighted by atomic mass is 16.4. The zero-order chi connectivity index (χ0) is 20.3. The van der Waals surface area contributed by atoms with Crippen LogP contribution in [0.5, 0.6) is 0 Å². The van der Waals surface area contributed by atoms with Crippen molar-refractivity contribution >= 4 is 17.8 Å². The van der Waals surface area contributed by atoms with Crippen molar-refractivity contribution in [1.82, 2.24) is 10.2 Å². The van der Waals surface area contributed by atoms with Gasteiger partial charge in [-0.05, 0) is 25.3 Å². The molecule has 2 amide bonds. The lowest BCUT2D eigenvalue weighted by Gasteiger charge is -2.44. The highest BCUT2D eigenvalue weighted by Crippen LogP contribution is 2.46. The van der Waals surface area contributed by atoms with E-state index in [1.54, 1.807) is 4.90 Å². The van der Waals surface area contributed by atoms with E-state index in [-0.39, 0.29) is 11.3 Å². The van der Waals surface area contributed by atoms with Crippen molar-refractivity contribution < 1.29 is 24.6 Å². The third-order valence-electron chi connectivity index (χ3n) is 5.67. The van der Waals surface area contributed by atoms with Gasteiger partial charge in [0.1, 0.15) is 17.9 Å². The van der Waals surface area contributed by atoms with Crippen molar-refractivity contribution in [1.29, 1.82) is 0 Å². The van der Waals surface area contributed by atoms with Gasteiger partial charge in [-0.2, -0.15) is 0 Å². The summed E-state index contributed by atoms with van der Waals surface area (Å²) in [5.74, 6) is -2.78. The van der Waals surface area contributed by atoms with Gasteiger partial charge in [0.15, 0.2) is 0 Å². The Balaban J connectivity index is 1.93. The van der Waals surface area contributed by atoms with Gasteiger partial charge in [-0.15, -0.1) is 0 Å². The Morgan fingerprint density at radius 1 is 1.14 bits per heavy atom. The molecule has 3 N–H and O–H groups in total. The molecule has 28 heavy (non-hydrogen) atoms. The summed E-state index contributed by atoms with van der Waals surface area (Å²) in [5, 5.41) is 21.9. The van der Waals surface area contributed by atoms with Gasteiger partial charge in [-0.1, -0.05) is 49.1 Å². The number of nitrogens with zero attached hydrogens (tertiary/aromatic N) is 1. The number of aliphatic hydroxyl groups excluding tert-OH is 1. The number of carbonyl (C=O) groups is 3. The molecule has 1 fully saturated rings. The molecule has 0 aromatic heterocycles. The number of nitrogens with one attached hydrogen (secondary N) is 1. The predicted octanol–water partition coefficient (Wildman–Crippen LogP) is 2.30. The van der Waals surface area contributed by atoms with Crippen molar-refractivity contribution in [2.75, 3.05) is 13.1 Å². The second kappa shape index (κ2) is 8.04. The van der Waals surface area contributed by atoms with Crippen LogP contribution in [-0.4, -0.2) is 46.0 Å². The SMILES string of the molecule is Cc1ccc(CN2CC3(CCCCC3)C(O)=C(C(=O)NCC(=O)O)C2=O)cc1. The lowest BCUT2D eigenvalue weighted by Crippen LogP contribution is -2.51. The minimum atomic E-state index is -1.21. The van der Waals surface area contributed by atoms with E-state index in [1.807, 2.05) is 31.2 Å². The number of amides is 2. The highest BCUT2D eigenvalue weighted by Gasteiger charge is 2.47. The van der Waals surface area contributed by atoms with E-state index in [2.05, 4.69) is 5.32 Å². The number of carboxylic acid groups (broad SMARTS) is 1. The summed E-state index contributed by atoms with van der Waals surface area (Å²) in [6.45, 7) is 2.08. The predicted molar refractivity (Wildman–Crippen MR) is 102 cm³/mol. The van der Waals surface area contributed by atoms with Crippen LogP contribution in [0.4, 0.5) is 0 Å². The summed E-state index contributed by atoms with van der Waals surface area (Å²) in [7, 11) is 0. The van der Waals surface area contributed by atoms with Crippen LogP contribution in [-0.2, 0) is 20.9 Å². The Bertz CT molecular complexity index is 807. The van der Waals surface area contributed by atoms with E-state index in [1.165, 1.54) is 0 Å². The molecular weight excluding hydrogens is 360 g/mol. The molecule has 7 heteroatoms. The van der Waals surface area contributed by atoms with Gasteiger partial charge >= 0.3 is 5.97 Å². The monoisotopic (exact) mass is 386 g/mol. The molecule has 150 valence electrons. The molecule has 1 spiro atoms. The number of carbonyl (C=O) groups excluding carboxylic acids is 2. The number of hydrogen-bond acceptors (Lipinski definition) is 4. The van der Waals surface area contributed by atoms with E-state index < -0.39 is 29.7 Å². The molecule has 2 aliphatic rings. The van der Waals surface area contributed by atoms with Crippen molar-refractivity contribution in [3.63, 3.8) is 0 Å². The number of aliphatic carboxylic acids is 1. The fourth-order valence-corrected chi connectivity index (χ4v) is 4.15. The Labute approximate surface area is 164 Å². The molecule has 1 aliphatic carbocycles. The van der Waals surface area contributed by atoms with Crippen LogP contribution < -0.4 is 5.32 Å². The largest absolute Gasteiger partial charge is 0.511 e. The molecule has 0 atom stereocenters. The molecule has 0 bridgehead atoms. The average molecular weight is 386 g/mol. The first-order chi connectivity index (χ1) is 13.3. The summed E-state index contributed by atoms with van der Waals surface area (Å²) in [6.07, 6.45) is 4.29. The van der Waals surface area contributed by atoms with Crippen LogP contribution in [0, 0.1) is 12.3 Å². The molecule has 7 nitrogen and oxygen atoms in total. The maximum atomic E-state index is 13.0. The van der Waals surface area contributed by atoms with Crippen LogP contribution in [0.1, 0.15) is 43.2 Å². The first-order valence-corrected chi connectivity index (χ1v) is 9.61. The zero-order valence-electron chi connectivity index (χ0n) is 16.0. The smallest absolute Gasteiger partial charge is 0.322 e. The van der Waals surface area contributed by atoms with E-state index in [0.29, 0.717) is 25.9 Å². The standard InChI is InChI=1S/C21H26N2O5/c1-14-5-7-15(8-6-14)12-23-13-21(9-3-2-4-10-21)18(26)17(20(23)28)19(27)22-11-16(24)25/h5-8,26H,2-4,9-13H2,1H3,(H,22,27)(H,24,25). The Kier molecular flexibility index (Phi) is 5.72. The van der Waals surface area contributed by atoms with E-state index in [9.17, 15) is 19.5 Å². The van der Waals surface area contributed by atoms with Crippen molar-refractivity contribution in [3.05, 3.63) is 46.7 Å². The third-order valence-corrected chi connectivity index (χ3v) is 5.67. The van der Waals surface area contributed by atoms with E-state index in [0.717, 1.165) is 30.4 Å². The molecule has 0 saturated heterocycles. The average Bonchev–Trinajstić information content (AvgIpc) is 2.67. The molecule has 1 saturated carbocycles.